The van der Waals surface area contributed by atoms with Gasteiger partial charge in [-0.05, 0) is 30.3 Å². The number of carbonyl (C=O) groups is 3. The summed E-state index contributed by atoms with van der Waals surface area (Å²) >= 11 is 0.997. The van der Waals surface area contributed by atoms with Crippen LogP contribution in [0.5, 0.6) is 5.75 Å². The van der Waals surface area contributed by atoms with Crippen LogP contribution in [0.1, 0.15) is 18.4 Å². The summed E-state index contributed by atoms with van der Waals surface area (Å²) in [6, 6.07) is 7.32. The van der Waals surface area contributed by atoms with Crippen LogP contribution in [-0.2, 0) is 19.1 Å². The van der Waals surface area contributed by atoms with Gasteiger partial charge in [0.25, 0.3) is 5.91 Å². The molecule has 9 nitrogen and oxygen atoms in total. The molecule has 2 aliphatic heterocycles. The summed E-state index contributed by atoms with van der Waals surface area (Å²) in [6.07, 6.45) is 4.11. The molecule has 0 bridgehead atoms. The van der Waals surface area contributed by atoms with Gasteiger partial charge in [-0.15, -0.1) is 5.10 Å². The van der Waals surface area contributed by atoms with Crippen LogP contribution < -0.4 is 10.1 Å². The second kappa shape index (κ2) is 9.87. The number of para-hydroxylation sites is 1. The minimum absolute atomic E-state index is 0.163. The van der Waals surface area contributed by atoms with Crippen molar-refractivity contribution in [3.8, 4) is 5.75 Å². The predicted octanol–water partition coefficient (Wildman–Crippen LogP) is 1.30. The van der Waals surface area contributed by atoms with Gasteiger partial charge in [-0.3, -0.25) is 14.9 Å². The zero-order valence-corrected chi connectivity index (χ0v) is 16.6. The second-order valence-corrected chi connectivity index (χ2v) is 7.14. The summed E-state index contributed by atoms with van der Waals surface area (Å²) in [4.78, 5) is 36.7. The van der Waals surface area contributed by atoms with Crippen molar-refractivity contribution in [1.29, 1.82) is 0 Å². The molecule has 0 radical (unpaired) electrons. The van der Waals surface area contributed by atoms with Crippen molar-refractivity contribution in [1.82, 2.24) is 10.2 Å². The summed E-state index contributed by atoms with van der Waals surface area (Å²) in [5.41, 5.74) is 0.712. The Morgan fingerprint density at radius 3 is 2.93 bits per heavy atom. The fourth-order valence-electron chi connectivity index (χ4n) is 2.71. The van der Waals surface area contributed by atoms with Crippen LogP contribution in [0, 0.1) is 0 Å². The van der Waals surface area contributed by atoms with Crippen molar-refractivity contribution in [2.45, 2.75) is 12.8 Å². The third kappa shape index (κ3) is 5.67. The maximum atomic E-state index is 11.8. The number of likely N-dealkylation sites (tertiary alicyclic amines) is 1. The number of ether oxygens (including phenoxy) is 2. The first-order valence-electron chi connectivity index (χ1n) is 8.96. The van der Waals surface area contributed by atoms with Crippen molar-refractivity contribution in [2.24, 2.45) is 10.2 Å². The number of hydrogen-bond acceptors (Lipinski definition) is 8. The Labute approximate surface area is 171 Å². The lowest BCUT2D eigenvalue weighted by Gasteiger charge is -2.16. The van der Waals surface area contributed by atoms with Crippen LogP contribution in [0.2, 0.25) is 0 Å². The number of amides is 2. The van der Waals surface area contributed by atoms with Gasteiger partial charge >= 0.3 is 5.97 Å². The van der Waals surface area contributed by atoms with Crippen LogP contribution in [-0.4, -0.2) is 60.9 Å². The monoisotopic (exact) mass is 416 g/mol. The normalized spacial score (nSPS) is 19.4. The zero-order valence-electron chi connectivity index (χ0n) is 15.8. The topological polar surface area (TPSA) is 110 Å². The Kier molecular flexibility index (Phi) is 7.01. The van der Waals surface area contributed by atoms with Crippen molar-refractivity contribution < 1.29 is 23.9 Å². The molecule has 2 heterocycles. The highest BCUT2D eigenvalue weighted by molar-refractivity contribution is 8.18. The number of nitrogens with zero attached hydrogens (tertiary/aromatic N) is 3. The van der Waals surface area contributed by atoms with Crippen LogP contribution in [0.15, 0.2) is 45.4 Å². The van der Waals surface area contributed by atoms with E-state index in [4.69, 9.17) is 4.74 Å². The summed E-state index contributed by atoms with van der Waals surface area (Å²) in [5, 5.41) is 10.7. The third-order valence-electron chi connectivity index (χ3n) is 4.16. The first kappa shape index (κ1) is 20.6. The lowest BCUT2D eigenvalue weighted by Crippen LogP contribution is -2.29. The van der Waals surface area contributed by atoms with Crippen molar-refractivity contribution >= 4 is 40.9 Å². The molecule has 1 N–H and O–H groups in total. The molecule has 1 aromatic rings. The summed E-state index contributed by atoms with van der Waals surface area (Å²) in [6.45, 7) is 1.71. The van der Waals surface area contributed by atoms with E-state index in [0.717, 1.165) is 30.8 Å². The maximum absolute atomic E-state index is 11.8. The molecule has 29 heavy (non-hydrogen) atoms. The van der Waals surface area contributed by atoms with Gasteiger partial charge in [0, 0.05) is 24.6 Å². The van der Waals surface area contributed by atoms with E-state index in [2.05, 4.69) is 20.3 Å². The Hall–Kier alpha value is -3.14. The molecule has 10 heteroatoms. The lowest BCUT2D eigenvalue weighted by atomic mass is 10.2. The van der Waals surface area contributed by atoms with Crippen molar-refractivity contribution in [3.05, 3.63) is 40.8 Å². The largest absolute Gasteiger partial charge is 0.491 e. The van der Waals surface area contributed by atoms with Gasteiger partial charge in [0.15, 0.2) is 5.17 Å². The fourth-order valence-corrected chi connectivity index (χ4v) is 3.45. The van der Waals surface area contributed by atoms with Gasteiger partial charge in [0.05, 0.1) is 24.8 Å². The molecule has 0 saturated carbocycles. The predicted molar refractivity (Wildman–Crippen MR) is 109 cm³/mol. The molecular weight excluding hydrogens is 396 g/mol. The zero-order chi connectivity index (χ0) is 20.6. The Morgan fingerprint density at radius 2 is 2.17 bits per heavy atom. The third-order valence-corrected chi connectivity index (χ3v) is 5.06. The second-order valence-electron chi connectivity index (χ2n) is 6.11. The summed E-state index contributed by atoms with van der Waals surface area (Å²) < 4.78 is 10.3. The van der Waals surface area contributed by atoms with Gasteiger partial charge in [-0.2, -0.15) is 5.10 Å². The van der Waals surface area contributed by atoms with Crippen LogP contribution in [0.4, 0.5) is 0 Å². The van der Waals surface area contributed by atoms with Gasteiger partial charge in [-0.1, -0.05) is 12.1 Å². The quantitative estimate of drug-likeness (QED) is 0.311. The molecule has 0 spiro atoms. The minimum Gasteiger partial charge on any atom is -0.491 e. The molecule has 2 amide bonds. The van der Waals surface area contributed by atoms with Gasteiger partial charge in [-0.25, -0.2) is 4.79 Å². The van der Waals surface area contributed by atoms with Crippen LogP contribution >= 0.6 is 11.8 Å². The van der Waals surface area contributed by atoms with E-state index in [1.165, 1.54) is 13.3 Å². The molecule has 0 aliphatic carbocycles. The molecule has 0 unspecified atom stereocenters. The number of methoxy groups -OCH3 is 1. The SMILES string of the molecule is COC(=O)/C=C1/S/C(=N\N=Cc2ccccc2OCCN2CCCC2=O)NC1=O. The van der Waals surface area contributed by atoms with E-state index in [1.54, 1.807) is 4.90 Å². The number of hydrogen-bond donors (Lipinski definition) is 1. The number of nitrogens with one attached hydrogen (secondary N) is 1. The van der Waals surface area contributed by atoms with Crippen LogP contribution in [0.3, 0.4) is 0 Å². The number of thioether (sulfide) groups is 1. The average Bonchev–Trinajstić information content (AvgIpc) is 3.28. The van der Waals surface area contributed by atoms with Crippen LogP contribution in [0.25, 0.3) is 0 Å². The van der Waals surface area contributed by atoms with E-state index in [1.807, 2.05) is 24.3 Å². The molecule has 0 atom stereocenters. The highest BCUT2D eigenvalue weighted by Gasteiger charge is 2.25. The van der Waals surface area contributed by atoms with Crippen molar-refractivity contribution in [2.75, 3.05) is 26.8 Å². The van der Waals surface area contributed by atoms with E-state index in [9.17, 15) is 14.4 Å². The summed E-state index contributed by atoms with van der Waals surface area (Å²) in [7, 11) is 1.23. The Balaban J connectivity index is 1.59. The van der Waals surface area contributed by atoms with E-state index < -0.39 is 11.9 Å². The number of amidine groups is 1. The fraction of sp³-hybridized carbons (Fsp3) is 0.316. The highest BCUT2D eigenvalue weighted by atomic mass is 32.2. The highest BCUT2D eigenvalue weighted by Crippen LogP contribution is 2.23. The number of carbonyl (C=O) groups excluding carboxylic acids is 3. The lowest BCUT2D eigenvalue weighted by molar-refractivity contribution is -0.135. The van der Waals surface area contributed by atoms with E-state index in [0.29, 0.717) is 30.9 Å². The van der Waals surface area contributed by atoms with E-state index in [-0.39, 0.29) is 16.0 Å². The smallest absolute Gasteiger partial charge is 0.331 e. The Morgan fingerprint density at radius 1 is 1.34 bits per heavy atom. The summed E-state index contributed by atoms with van der Waals surface area (Å²) in [5.74, 6) is -0.267. The minimum atomic E-state index is -0.617. The maximum Gasteiger partial charge on any atom is 0.331 e. The number of benzene rings is 1. The molecule has 2 saturated heterocycles. The number of esters is 1. The molecule has 0 aromatic heterocycles. The molecule has 2 fully saturated rings. The molecular formula is C19H20N4O5S. The number of rotatable bonds is 7. The Bertz CT molecular complexity index is 896. The van der Waals surface area contributed by atoms with Gasteiger partial charge < -0.3 is 14.4 Å². The van der Waals surface area contributed by atoms with E-state index >= 15 is 0 Å². The molecule has 1 aromatic carbocycles. The first-order valence-corrected chi connectivity index (χ1v) is 9.78. The molecule has 152 valence electrons. The van der Waals surface area contributed by atoms with Gasteiger partial charge in [0.1, 0.15) is 12.4 Å². The van der Waals surface area contributed by atoms with Gasteiger partial charge in [0.2, 0.25) is 5.91 Å². The molecule has 2 aliphatic rings. The van der Waals surface area contributed by atoms with Crippen molar-refractivity contribution in [3.63, 3.8) is 0 Å². The first-order chi connectivity index (χ1) is 14.1. The standard InChI is InChI=1S/C19H20N4O5S/c1-27-17(25)11-15-18(26)21-19(29-15)22-20-12-13-5-2-3-6-14(13)28-10-9-23-8-4-7-16(23)24/h2-3,5-6,11-12H,4,7-10H2,1H3,(H,21,22,26)/b15-11+,20-12?. The molecule has 3 rings (SSSR count). The average molecular weight is 416 g/mol.